The van der Waals surface area contributed by atoms with Gasteiger partial charge in [-0.2, -0.15) is 0 Å². The highest BCUT2D eigenvalue weighted by Gasteiger charge is 2.22. The van der Waals surface area contributed by atoms with Gasteiger partial charge in [0.15, 0.2) is 0 Å². The van der Waals surface area contributed by atoms with Gasteiger partial charge in [0.2, 0.25) is 0 Å². The lowest BCUT2D eigenvalue weighted by atomic mass is 10.0. The van der Waals surface area contributed by atoms with E-state index in [0.29, 0.717) is 30.5 Å². The molecule has 0 radical (unpaired) electrons. The maximum absolute atomic E-state index is 12.8. The van der Waals surface area contributed by atoms with Crippen molar-refractivity contribution in [2.45, 2.75) is 26.4 Å². The summed E-state index contributed by atoms with van der Waals surface area (Å²) >= 11 is 6.49. The van der Waals surface area contributed by atoms with Crippen molar-refractivity contribution in [1.82, 2.24) is 24.8 Å². The fourth-order valence-electron chi connectivity index (χ4n) is 3.98. The van der Waals surface area contributed by atoms with Gasteiger partial charge in [-0.05, 0) is 30.7 Å². The number of pyridine rings is 2. The number of aromatic amines is 1. The summed E-state index contributed by atoms with van der Waals surface area (Å²) < 4.78 is 0. The van der Waals surface area contributed by atoms with Crippen LogP contribution in [0.1, 0.15) is 22.4 Å². The highest BCUT2D eigenvalue weighted by Crippen LogP contribution is 2.26. The molecule has 0 saturated carbocycles. The zero-order valence-electron chi connectivity index (χ0n) is 16.5. The summed E-state index contributed by atoms with van der Waals surface area (Å²) in [6.07, 6.45) is 4.12. The Balaban J connectivity index is 1.42. The van der Waals surface area contributed by atoms with Gasteiger partial charge >= 0.3 is 0 Å². The molecule has 30 heavy (non-hydrogen) atoms. The molecule has 1 aliphatic rings. The van der Waals surface area contributed by atoms with E-state index < -0.39 is 0 Å². The molecule has 0 atom stereocenters. The molecule has 1 aliphatic heterocycles. The lowest BCUT2D eigenvalue weighted by Crippen LogP contribution is -2.35. The zero-order chi connectivity index (χ0) is 20.7. The molecule has 6 nitrogen and oxygen atoms in total. The smallest absolute Gasteiger partial charge is 0.255 e. The number of aryl methyl sites for hydroxylation is 1. The summed E-state index contributed by atoms with van der Waals surface area (Å²) in [7, 11) is 0. The summed E-state index contributed by atoms with van der Waals surface area (Å²) in [5, 5.41) is 1.59. The number of halogens is 1. The number of hydrogen-bond donors (Lipinski definition) is 1. The lowest BCUT2D eigenvalue weighted by Gasteiger charge is -2.28. The normalized spacial score (nSPS) is 14.1. The summed E-state index contributed by atoms with van der Waals surface area (Å²) in [5.41, 5.74) is 5.29. The molecule has 0 amide bonds. The van der Waals surface area contributed by atoms with Gasteiger partial charge < -0.3 is 4.98 Å². The maximum Gasteiger partial charge on any atom is 0.255 e. The van der Waals surface area contributed by atoms with Crippen LogP contribution >= 0.6 is 11.6 Å². The second-order valence-electron chi connectivity index (χ2n) is 7.63. The van der Waals surface area contributed by atoms with Crippen molar-refractivity contribution in [3.05, 3.63) is 86.7 Å². The van der Waals surface area contributed by atoms with Crippen LogP contribution in [0, 0.1) is 6.92 Å². The van der Waals surface area contributed by atoms with Gasteiger partial charge in [0.1, 0.15) is 11.0 Å². The average Bonchev–Trinajstić information content (AvgIpc) is 2.76. The minimum absolute atomic E-state index is 0.0955. The molecule has 1 aromatic carbocycles. The van der Waals surface area contributed by atoms with Crippen molar-refractivity contribution >= 4 is 22.5 Å². The number of hydrogen-bond acceptors (Lipinski definition) is 5. The molecule has 4 heterocycles. The molecule has 0 spiro atoms. The van der Waals surface area contributed by atoms with E-state index in [4.69, 9.17) is 16.6 Å². The molecule has 0 saturated heterocycles. The minimum Gasteiger partial charge on any atom is -0.306 e. The van der Waals surface area contributed by atoms with Gasteiger partial charge in [0, 0.05) is 55.0 Å². The monoisotopic (exact) mass is 417 g/mol. The Morgan fingerprint density at radius 2 is 2.10 bits per heavy atom. The van der Waals surface area contributed by atoms with Crippen LogP contribution < -0.4 is 5.56 Å². The first-order chi connectivity index (χ1) is 14.6. The third-order valence-corrected chi connectivity index (χ3v) is 5.88. The number of nitrogens with one attached hydrogen (secondary N) is 1. The topological polar surface area (TPSA) is 74.8 Å². The summed E-state index contributed by atoms with van der Waals surface area (Å²) in [5.74, 6) is 0.567. The molecule has 4 aromatic rings. The van der Waals surface area contributed by atoms with E-state index in [1.54, 1.807) is 12.4 Å². The highest BCUT2D eigenvalue weighted by atomic mass is 35.5. The minimum atomic E-state index is -0.0955. The number of nitrogens with zero attached hydrogens (tertiary/aromatic N) is 4. The second kappa shape index (κ2) is 7.63. The largest absolute Gasteiger partial charge is 0.306 e. The van der Waals surface area contributed by atoms with E-state index >= 15 is 0 Å². The molecule has 0 unspecified atom stereocenters. The van der Waals surface area contributed by atoms with Crippen molar-refractivity contribution in [3.8, 4) is 11.4 Å². The maximum atomic E-state index is 12.8. The van der Waals surface area contributed by atoms with E-state index in [0.717, 1.165) is 45.4 Å². The van der Waals surface area contributed by atoms with Crippen LogP contribution in [0.2, 0.25) is 5.15 Å². The van der Waals surface area contributed by atoms with Crippen LogP contribution in [0.5, 0.6) is 0 Å². The second-order valence-corrected chi connectivity index (χ2v) is 7.99. The van der Waals surface area contributed by atoms with E-state index in [1.165, 1.54) is 0 Å². The van der Waals surface area contributed by atoms with Gasteiger partial charge in [-0.1, -0.05) is 29.8 Å². The Bertz CT molecular complexity index is 1300. The molecule has 0 aliphatic carbocycles. The fourth-order valence-corrected chi connectivity index (χ4v) is 4.17. The predicted octanol–water partition coefficient (Wildman–Crippen LogP) is 3.90. The molecule has 7 heteroatoms. The van der Waals surface area contributed by atoms with Gasteiger partial charge in [0.05, 0.1) is 16.8 Å². The highest BCUT2D eigenvalue weighted by molar-refractivity contribution is 6.30. The third kappa shape index (κ3) is 3.49. The molecule has 0 fully saturated rings. The van der Waals surface area contributed by atoms with Crippen molar-refractivity contribution in [3.63, 3.8) is 0 Å². The Labute approximate surface area is 178 Å². The van der Waals surface area contributed by atoms with Gasteiger partial charge in [-0.3, -0.25) is 14.7 Å². The third-order valence-electron chi connectivity index (χ3n) is 5.55. The van der Waals surface area contributed by atoms with Gasteiger partial charge in [-0.15, -0.1) is 0 Å². The lowest BCUT2D eigenvalue weighted by molar-refractivity contribution is 0.242. The standard InChI is InChI=1S/C23H20ClN5O/c1-14-4-2-5-15-10-17(21(24)27-20(14)15)12-29-9-7-19-18(13-29)23(30)28-22(26-19)16-6-3-8-25-11-16/h2-6,8,10-11H,7,9,12-13H2,1H3,(H,26,28,30). The summed E-state index contributed by atoms with van der Waals surface area (Å²) in [6.45, 7) is 4.01. The van der Waals surface area contributed by atoms with Crippen LogP contribution in [0.4, 0.5) is 0 Å². The number of rotatable bonds is 3. The Morgan fingerprint density at radius 1 is 1.20 bits per heavy atom. The summed E-state index contributed by atoms with van der Waals surface area (Å²) in [4.78, 5) is 31.3. The van der Waals surface area contributed by atoms with Crippen LogP contribution in [0.3, 0.4) is 0 Å². The summed E-state index contributed by atoms with van der Waals surface area (Å²) in [6, 6.07) is 11.9. The van der Waals surface area contributed by atoms with Crippen LogP contribution in [-0.4, -0.2) is 31.4 Å². The quantitative estimate of drug-likeness (QED) is 0.512. The Kier molecular flexibility index (Phi) is 4.81. The Morgan fingerprint density at radius 3 is 2.93 bits per heavy atom. The van der Waals surface area contributed by atoms with E-state index in [1.807, 2.05) is 31.2 Å². The van der Waals surface area contributed by atoms with E-state index in [-0.39, 0.29) is 5.56 Å². The fraction of sp³-hybridized carbons (Fsp3) is 0.217. The molecule has 0 bridgehead atoms. The molecule has 1 N–H and O–H groups in total. The molecular weight excluding hydrogens is 398 g/mol. The number of para-hydroxylation sites is 1. The van der Waals surface area contributed by atoms with Crippen molar-refractivity contribution < 1.29 is 0 Å². The van der Waals surface area contributed by atoms with E-state index in [2.05, 4.69) is 32.0 Å². The first-order valence-corrected chi connectivity index (χ1v) is 10.3. The Hall–Kier alpha value is -3.09. The van der Waals surface area contributed by atoms with Crippen molar-refractivity contribution in [1.29, 1.82) is 0 Å². The first kappa shape index (κ1) is 18.9. The van der Waals surface area contributed by atoms with Crippen molar-refractivity contribution in [2.75, 3.05) is 6.54 Å². The first-order valence-electron chi connectivity index (χ1n) is 9.88. The molecule has 3 aromatic heterocycles. The zero-order valence-corrected chi connectivity index (χ0v) is 17.3. The molecular formula is C23H20ClN5O. The number of fused-ring (bicyclic) bond motifs is 2. The SMILES string of the molecule is Cc1cccc2cc(CN3CCc4nc(-c5cccnc5)[nH]c(=O)c4C3)c(Cl)nc12. The van der Waals surface area contributed by atoms with E-state index in [9.17, 15) is 4.79 Å². The van der Waals surface area contributed by atoms with Gasteiger partial charge in [-0.25, -0.2) is 9.97 Å². The molecule has 5 rings (SSSR count). The van der Waals surface area contributed by atoms with Crippen LogP contribution in [-0.2, 0) is 19.5 Å². The number of aromatic nitrogens is 4. The predicted molar refractivity (Wildman–Crippen MR) is 117 cm³/mol. The number of H-pyrrole nitrogens is 1. The van der Waals surface area contributed by atoms with Gasteiger partial charge in [0.25, 0.3) is 5.56 Å². The number of benzene rings is 1. The van der Waals surface area contributed by atoms with Crippen molar-refractivity contribution in [2.24, 2.45) is 0 Å². The molecule has 150 valence electrons. The van der Waals surface area contributed by atoms with Crippen LogP contribution in [0.25, 0.3) is 22.3 Å². The van der Waals surface area contributed by atoms with Crippen LogP contribution in [0.15, 0.2) is 53.6 Å². The average molecular weight is 418 g/mol.